The Hall–Kier alpha value is -2.47. The van der Waals surface area contributed by atoms with Gasteiger partial charge < -0.3 is 9.64 Å². The smallest absolute Gasteiger partial charge is 0.410 e. The zero-order valence-corrected chi connectivity index (χ0v) is 14.6. The van der Waals surface area contributed by atoms with Crippen LogP contribution in [0.25, 0.3) is 0 Å². The molecule has 1 amide bonds. The molecule has 136 valence electrons. The molecule has 4 rings (SSSR count). The molecule has 0 unspecified atom stereocenters. The number of pyridine rings is 1. The second-order valence-electron chi connectivity index (χ2n) is 6.96. The molecule has 0 radical (unpaired) electrons. The topological polar surface area (TPSA) is 45.7 Å². The van der Waals surface area contributed by atoms with Crippen LogP contribution in [-0.4, -0.2) is 52.7 Å². The molecule has 0 N–H and O–H groups in total. The summed E-state index contributed by atoms with van der Waals surface area (Å²) in [6.07, 6.45) is 5.01. The first-order valence-corrected chi connectivity index (χ1v) is 9.02. The average molecular weight is 355 g/mol. The lowest BCUT2D eigenvalue weighted by Crippen LogP contribution is -2.38. The first-order valence-electron chi connectivity index (χ1n) is 9.02. The third-order valence-electron chi connectivity index (χ3n) is 5.13. The van der Waals surface area contributed by atoms with E-state index in [-0.39, 0.29) is 24.1 Å². The van der Waals surface area contributed by atoms with E-state index in [1.54, 1.807) is 24.5 Å². The van der Waals surface area contributed by atoms with Gasteiger partial charge in [-0.1, -0.05) is 12.1 Å². The van der Waals surface area contributed by atoms with E-state index in [4.69, 9.17) is 4.74 Å². The van der Waals surface area contributed by atoms with Gasteiger partial charge in [0.15, 0.2) is 0 Å². The number of hydrogen-bond acceptors (Lipinski definition) is 4. The molecule has 0 aliphatic carbocycles. The number of amides is 1. The molecular weight excluding hydrogens is 333 g/mol. The van der Waals surface area contributed by atoms with Gasteiger partial charge in [0.2, 0.25) is 0 Å². The highest BCUT2D eigenvalue weighted by Gasteiger charge is 2.47. The lowest BCUT2D eigenvalue weighted by molar-refractivity contribution is 0.120. The second kappa shape index (κ2) is 7.41. The van der Waals surface area contributed by atoms with Gasteiger partial charge in [-0.15, -0.1) is 0 Å². The van der Waals surface area contributed by atoms with E-state index in [9.17, 15) is 9.18 Å². The van der Waals surface area contributed by atoms with Gasteiger partial charge in [-0.25, -0.2) is 9.18 Å². The zero-order valence-electron chi connectivity index (χ0n) is 14.6. The van der Waals surface area contributed by atoms with Gasteiger partial charge in [-0.2, -0.15) is 0 Å². The number of benzene rings is 1. The number of hydrogen-bond donors (Lipinski definition) is 0. The molecule has 2 fully saturated rings. The van der Waals surface area contributed by atoms with Crippen molar-refractivity contribution in [3.8, 4) is 0 Å². The van der Waals surface area contributed by atoms with Crippen LogP contribution in [0.15, 0.2) is 48.8 Å². The van der Waals surface area contributed by atoms with Gasteiger partial charge in [0.1, 0.15) is 11.9 Å². The van der Waals surface area contributed by atoms with E-state index >= 15 is 0 Å². The standard InChI is InChI=1S/C20H22FN3O2/c21-17-5-3-15(4-6-17)2-1-11-24-18-13-23(14-19(18)26-20(24)25)12-16-7-9-22-10-8-16/h3-10,18-19H,1-2,11-14H2/t18-,19+/m0/s1. The molecule has 1 aromatic heterocycles. The van der Waals surface area contributed by atoms with Gasteiger partial charge in [-0.05, 0) is 48.2 Å². The largest absolute Gasteiger partial charge is 0.442 e. The van der Waals surface area contributed by atoms with Crippen molar-refractivity contribution in [1.82, 2.24) is 14.8 Å². The second-order valence-corrected chi connectivity index (χ2v) is 6.96. The zero-order chi connectivity index (χ0) is 17.9. The summed E-state index contributed by atoms with van der Waals surface area (Å²) in [5, 5.41) is 0. The molecule has 5 nitrogen and oxygen atoms in total. The van der Waals surface area contributed by atoms with Crippen LogP contribution in [0, 0.1) is 5.82 Å². The molecule has 0 spiro atoms. The summed E-state index contributed by atoms with van der Waals surface area (Å²) in [6, 6.07) is 10.7. The number of nitrogens with zero attached hydrogens (tertiary/aromatic N) is 3. The highest BCUT2D eigenvalue weighted by Crippen LogP contribution is 2.28. The Morgan fingerprint density at radius 2 is 1.85 bits per heavy atom. The van der Waals surface area contributed by atoms with Crippen molar-refractivity contribution in [2.75, 3.05) is 19.6 Å². The fourth-order valence-corrected chi connectivity index (χ4v) is 3.82. The molecule has 0 bridgehead atoms. The SMILES string of the molecule is O=C1O[C@@H]2CN(Cc3ccncc3)C[C@@H]2N1CCCc1ccc(F)cc1. The number of halogens is 1. The minimum Gasteiger partial charge on any atom is -0.442 e. The minimum atomic E-state index is -0.222. The van der Waals surface area contributed by atoms with Crippen molar-refractivity contribution in [1.29, 1.82) is 0 Å². The summed E-state index contributed by atoms with van der Waals surface area (Å²) in [4.78, 5) is 20.4. The van der Waals surface area contributed by atoms with Crippen LogP contribution in [0.1, 0.15) is 17.5 Å². The van der Waals surface area contributed by atoms with Crippen LogP contribution in [0.3, 0.4) is 0 Å². The first kappa shape index (κ1) is 17.0. The van der Waals surface area contributed by atoms with Crippen LogP contribution < -0.4 is 0 Å². The van der Waals surface area contributed by atoms with Gasteiger partial charge in [-0.3, -0.25) is 9.88 Å². The fourth-order valence-electron chi connectivity index (χ4n) is 3.82. The Morgan fingerprint density at radius 1 is 1.08 bits per heavy atom. The first-order chi connectivity index (χ1) is 12.7. The normalized spacial score (nSPS) is 22.5. The van der Waals surface area contributed by atoms with E-state index in [1.165, 1.54) is 17.7 Å². The summed E-state index contributed by atoms with van der Waals surface area (Å²) < 4.78 is 18.5. The number of rotatable bonds is 6. The molecule has 2 aliphatic heterocycles. The van der Waals surface area contributed by atoms with Gasteiger partial charge >= 0.3 is 6.09 Å². The monoisotopic (exact) mass is 355 g/mol. The molecule has 2 atom stereocenters. The van der Waals surface area contributed by atoms with Crippen LogP contribution in [0.2, 0.25) is 0 Å². The predicted octanol–water partition coefficient (Wildman–Crippen LogP) is 2.86. The Bertz CT molecular complexity index is 753. The minimum absolute atomic E-state index is 0.0461. The van der Waals surface area contributed by atoms with E-state index < -0.39 is 0 Å². The average Bonchev–Trinajstić information content (AvgIpc) is 3.15. The van der Waals surface area contributed by atoms with Gasteiger partial charge in [0.25, 0.3) is 0 Å². The summed E-state index contributed by atoms with van der Waals surface area (Å²) in [6.45, 7) is 3.11. The summed E-state index contributed by atoms with van der Waals surface area (Å²) >= 11 is 0. The number of likely N-dealkylation sites (tertiary alicyclic amines) is 1. The van der Waals surface area contributed by atoms with Gasteiger partial charge in [0, 0.05) is 38.6 Å². The van der Waals surface area contributed by atoms with Crippen LogP contribution >= 0.6 is 0 Å². The van der Waals surface area contributed by atoms with E-state index in [1.807, 2.05) is 17.0 Å². The van der Waals surface area contributed by atoms with Crippen molar-refractivity contribution in [3.63, 3.8) is 0 Å². The molecular formula is C20H22FN3O2. The molecule has 2 aromatic rings. The Labute approximate surface area is 152 Å². The molecule has 6 heteroatoms. The van der Waals surface area contributed by atoms with Crippen molar-refractivity contribution in [2.45, 2.75) is 31.5 Å². The highest BCUT2D eigenvalue weighted by molar-refractivity contribution is 5.71. The maximum absolute atomic E-state index is 13.0. The number of aryl methyl sites for hydroxylation is 1. The number of fused-ring (bicyclic) bond motifs is 1. The third kappa shape index (κ3) is 3.70. The highest BCUT2D eigenvalue weighted by atomic mass is 19.1. The summed E-state index contributed by atoms with van der Waals surface area (Å²) in [7, 11) is 0. The van der Waals surface area contributed by atoms with Crippen LogP contribution in [0.5, 0.6) is 0 Å². The molecule has 26 heavy (non-hydrogen) atoms. The van der Waals surface area contributed by atoms with Crippen molar-refractivity contribution in [3.05, 3.63) is 65.7 Å². The molecule has 1 aromatic carbocycles. The lowest BCUT2D eigenvalue weighted by atomic mass is 10.1. The Morgan fingerprint density at radius 3 is 2.62 bits per heavy atom. The fraction of sp³-hybridized carbons (Fsp3) is 0.400. The predicted molar refractivity (Wildman–Crippen MR) is 95.0 cm³/mol. The number of carbonyl (C=O) groups is 1. The molecule has 2 aliphatic rings. The van der Waals surface area contributed by atoms with E-state index in [0.29, 0.717) is 6.54 Å². The maximum Gasteiger partial charge on any atom is 0.410 e. The Balaban J connectivity index is 1.31. The van der Waals surface area contributed by atoms with E-state index in [0.717, 1.165) is 38.0 Å². The maximum atomic E-state index is 13.0. The summed E-state index contributed by atoms with van der Waals surface area (Å²) in [5.41, 5.74) is 2.30. The van der Waals surface area contributed by atoms with Crippen LogP contribution in [-0.2, 0) is 17.7 Å². The van der Waals surface area contributed by atoms with Gasteiger partial charge in [0.05, 0.1) is 6.04 Å². The summed E-state index contributed by atoms with van der Waals surface area (Å²) in [5.74, 6) is -0.222. The molecule has 0 saturated carbocycles. The third-order valence-corrected chi connectivity index (χ3v) is 5.13. The molecule has 3 heterocycles. The number of ether oxygens (including phenoxy) is 1. The number of carbonyl (C=O) groups excluding carboxylic acids is 1. The molecule has 2 saturated heterocycles. The van der Waals surface area contributed by atoms with Crippen LogP contribution in [0.4, 0.5) is 9.18 Å². The van der Waals surface area contributed by atoms with Crippen molar-refractivity contribution in [2.24, 2.45) is 0 Å². The van der Waals surface area contributed by atoms with E-state index in [2.05, 4.69) is 9.88 Å². The Kier molecular flexibility index (Phi) is 4.84. The number of aromatic nitrogens is 1. The quantitative estimate of drug-likeness (QED) is 0.799. The lowest BCUT2D eigenvalue weighted by Gasteiger charge is -2.22. The van der Waals surface area contributed by atoms with Crippen molar-refractivity contribution < 1.29 is 13.9 Å². The van der Waals surface area contributed by atoms with Crippen molar-refractivity contribution >= 4 is 6.09 Å².